The van der Waals surface area contributed by atoms with E-state index in [1.807, 2.05) is 0 Å². The molecule has 0 saturated carbocycles. The van der Waals surface area contributed by atoms with Crippen LogP contribution in [0.4, 0.5) is 0 Å². The quantitative estimate of drug-likeness (QED) is 0.570. The fourth-order valence-corrected chi connectivity index (χ4v) is 4.80. The van der Waals surface area contributed by atoms with Crippen LogP contribution in [0.15, 0.2) is 64.4 Å². The summed E-state index contributed by atoms with van der Waals surface area (Å²) in [6.07, 6.45) is 1.60. The number of nitrogens with zero attached hydrogens (tertiary/aromatic N) is 2. The second-order valence-electron chi connectivity index (χ2n) is 5.87. The molecule has 0 aliphatic rings. The number of benzene rings is 2. The number of carbonyl (C=O) groups excluding carboxylic acids is 1. The van der Waals surface area contributed by atoms with Crippen LogP contribution in [-0.2, 0) is 17.1 Å². The van der Waals surface area contributed by atoms with E-state index in [0.29, 0.717) is 21.1 Å². The zero-order valence-corrected chi connectivity index (χ0v) is 15.7. The van der Waals surface area contributed by atoms with Crippen molar-refractivity contribution in [1.82, 2.24) is 14.3 Å². The molecule has 0 aliphatic heterocycles. The van der Waals surface area contributed by atoms with Crippen molar-refractivity contribution in [3.63, 3.8) is 0 Å². The van der Waals surface area contributed by atoms with Crippen LogP contribution in [0.25, 0.3) is 21.1 Å². The van der Waals surface area contributed by atoms with Crippen molar-refractivity contribution >= 4 is 48.4 Å². The standard InChI is InChI=1S/C18H13N3O4S2/c1-21-15-8-7-11(10-16(15)26-18(21)23)27(24,25)20-17(22)13-4-2-6-14-12(13)5-3-9-19-14/h2-10H,1H3,(H,20,22). The largest absolute Gasteiger partial charge is 0.307 e. The van der Waals surface area contributed by atoms with Gasteiger partial charge in [-0.05, 0) is 36.4 Å². The van der Waals surface area contributed by atoms with Gasteiger partial charge in [-0.25, -0.2) is 13.1 Å². The minimum Gasteiger partial charge on any atom is -0.302 e. The van der Waals surface area contributed by atoms with Crippen molar-refractivity contribution in [3.05, 3.63) is 70.0 Å². The van der Waals surface area contributed by atoms with Crippen LogP contribution in [0.1, 0.15) is 10.4 Å². The number of amides is 1. The van der Waals surface area contributed by atoms with Crippen LogP contribution >= 0.6 is 11.3 Å². The molecule has 9 heteroatoms. The van der Waals surface area contributed by atoms with Gasteiger partial charge in [0, 0.05) is 24.2 Å². The Balaban J connectivity index is 1.72. The first kappa shape index (κ1) is 17.4. The lowest BCUT2D eigenvalue weighted by molar-refractivity contribution is 0.0983. The summed E-state index contributed by atoms with van der Waals surface area (Å²) >= 11 is 0.948. The van der Waals surface area contributed by atoms with Gasteiger partial charge in [0.15, 0.2) is 0 Å². The van der Waals surface area contributed by atoms with Gasteiger partial charge in [0.25, 0.3) is 15.9 Å². The highest BCUT2D eigenvalue weighted by Gasteiger charge is 2.21. The minimum absolute atomic E-state index is 0.0800. The Labute approximate surface area is 158 Å². The number of sulfonamides is 1. The summed E-state index contributed by atoms with van der Waals surface area (Å²) in [4.78, 5) is 28.2. The third kappa shape index (κ3) is 3.00. The van der Waals surface area contributed by atoms with Gasteiger partial charge in [-0.15, -0.1) is 0 Å². The monoisotopic (exact) mass is 399 g/mol. The number of rotatable bonds is 3. The highest BCUT2D eigenvalue weighted by Crippen LogP contribution is 2.22. The summed E-state index contributed by atoms with van der Waals surface area (Å²) in [5.41, 5.74) is 1.45. The molecule has 1 amide bonds. The maximum absolute atomic E-state index is 12.7. The van der Waals surface area contributed by atoms with Gasteiger partial charge in [0.2, 0.25) is 0 Å². The molecule has 2 aromatic heterocycles. The molecular formula is C18H13N3O4S2. The predicted molar refractivity (Wildman–Crippen MR) is 103 cm³/mol. The number of aromatic nitrogens is 2. The lowest BCUT2D eigenvalue weighted by Gasteiger charge is -2.09. The smallest absolute Gasteiger partial charge is 0.302 e. The highest BCUT2D eigenvalue weighted by molar-refractivity contribution is 7.90. The first-order valence-corrected chi connectivity index (χ1v) is 10.2. The van der Waals surface area contributed by atoms with Crippen LogP contribution < -0.4 is 9.60 Å². The zero-order chi connectivity index (χ0) is 19.2. The fraction of sp³-hybridized carbons (Fsp3) is 0.0556. The molecule has 1 N–H and O–H groups in total. The summed E-state index contributed by atoms with van der Waals surface area (Å²) in [7, 11) is -2.48. The number of carbonyl (C=O) groups is 1. The Morgan fingerprint density at radius 3 is 2.78 bits per heavy atom. The average Bonchev–Trinajstić information content (AvgIpc) is 2.94. The molecule has 2 heterocycles. The van der Waals surface area contributed by atoms with Crippen LogP contribution in [0.5, 0.6) is 0 Å². The molecular weight excluding hydrogens is 386 g/mol. The van der Waals surface area contributed by atoms with E-state index in [0.717, 1.165) is 11.3 Å². The summed E-state index contributed by atoms with van der Waals surface area (Å²) in [5.74, 6) is -0.741. The van der Waals surface area contributed by atoms with Gasteiger partial charge < -0.3 is 4.57 Å². The van der Waals surface area contributed by atoms with Crippen LogP contribution in [0.3, 0.4) is 0 Å². The van der Waals surface area contributed by atoms with E-state index in [4.69, 9.17) is 0 Å². The molecule has 7 nitrogen and oxygen atoms in total. The van der Waals surface area contributed by atoms with E-state index >= 15 is 0 Å². The number of pyridine rings is 1. The number of fused-ring (bicyclic) bond motifs is 2. The van der Waals surface area contributed by atoms with Crippen molar-refractivity contribution in [3.8, 4) is 0 Å². The van der Waals surface area contributed by atoms with Crippen molar-refractivity contribution in [2.75, 3.05) is 0 Å². The molecule has 4 aromatic rings. The van der Waals surface area contributed by atoms with Crippen molar-refractivity contribution in [1.29, 1.82) is 0 Å². The normalized spacial score (nSPS) is 11.7. The lowest BCUT2D eigenvalue weighted by atomic mass is 10.1. The van der Waals surface area contributed by atoms with Gasteiger partial charge in [0.05, 0.1) is 20.6 Å². The summed E-state index contributed by atoms with van der Waals surface area (Å²) in [6, 6.07) is 12.6. The highest BCUT2D eigenvalue weighted by atomic mass is 32.2. The van der Waals surface area contributed by atoms with Crippen LogP contribution in [0, 0.1) is 0 Å². The van der Waals surface area contributed by atoms with E-state index in [-0.39, 0.29) is 15.3 Å². The molecule has 0 saturated heterocycles. The maximum Gasteiger partial charge on any atom is 0.307 e. The third-order valence-corrected chi connectivity index (χ3v) is 6.52. The van der Waals surface area contributed by atoms with Crippen molar-refractivity contribution in [2.45, 2.75) is 4.90 Å². The van der Waals surface area contributed by atoms with Gasteiger partial charge in [0.1, 0.15) is 0 Å². The zero-order valence-electron chi connectivity index (χ0n) is 14.0. The SMILES string of the molecule is Cn1c(=O)sc2cc(S(=O)(=O)NC(=O)c3cccc4ncccc34)ccc21. The second-order valence-corrected chi connectivity index (χ2v) is 8.54. The second kappa shape index (κ2) is 6.29. The molecule has 27 heavy (non-hydrogen) atoms. The Morgan fingerprint density at radius 2 is 1.96 bits per heavy atom. The fourth-order valence-electron chi connectivity index (χ4n) is 2.82. The molecule has 2 aromatic carbocycles. The van der Waals surface area contributed by atoms with Gasteiger partial charge >= 0.3 is 4.87 Å². The van der Waals surface area contributed by atoms with Crippen molar-refractivity contribution in [2.24, 2.45) is 7.05 Å². The van der Waals surface area contributed by atoms with Crippen molar-refractivity contribution < 1.29 is 13.2 Å². The molecule has 0 radical (unpaired) electrons. The molecule has 4 rings (SSSR count). The maximum atomic E-state index is 12.7. The molecule has 0 atom stereocenters. The Hall–Kier alpha value is -3.04. The first-order valence-electron chi connectivity index (χ1n) is 7.87. The number of thiazole rings is 1. The molecule has 0 spiro atoms. The third-order valence-electron chi connectivity index (χ3n) is 4.19. The number of hydrogen-bond acceptors (Lipinski definition) is 6. The van der Waals surface area contributed by atoms with E-state index in [1.54, 1.807) is 49.6 Å². The van der Waals surface area contributed by atoms with E-state index in [9.17, 15) is 18.0 Å². The Morgan fingerprint density at radius 1 is 1.15 bits per heavy atom. The molecule has 0 unspecified atom stereocenters. The number of aryl methyl sites for hydroxylation is 1. The average molecular weight is 399 g/mol. The van der Waals surface area contributed by atoms with Gasteiger partial charge in [-0.3, -0.25) is 14.6 Å². The number of nitrogens with one attached hydrogen (secondary N) is 1. The van der Waals surface area contributed by atoms with E-state index in [1.165, 1.54) is 16.7 Å². The van der Waals surface area contributed by atoms with Crippen LogP contribution in [0.2, 0.25) is 0 Å². The number of hydrogen-bond donors (Lipinski definition) is 1. The summed E-state index contributed by atoms with van der Waals surface area (Å²) in [6.45, 7) is 0. The molecule has 0 bridgehead atoms. The van der Waals surface area contributed by atoms with Gasteiger partial charge in [-0.1, -0.05) is 23.5 Å². The van der Waals surface area contributed by atoms with E-state index < -0.39 is 15.9 Å². The molecule has 0 fully saturated rings. The Kier molecular flexibility index (Phi) is 4.05. The summed E-state index contributed by atoms with van der Waals surface area (Å²) < 4.78 is 29.4. The predicted octanol–water partition coefficient (Wildman–Crippen LogP) is 2.27. The lowest BCUT2D eigenvalue weighted by Crippen LogP contribution is -2.30. The molecule has 0 aliphatic carbocycles. The minimum atomic E-state index is -4.10. The first-order chi connectivity index (χ1) is 12.9. The van der Waals surface area contributed by atoms with E-state index in [2.05, 4.69) is 9.71 Å². The van der Waals surface area contributed by atoms with Gasteiger partial charge in [-0.2, -0.15) is 0 Å². The Bertz CT molecular complexity index is 1370. The van der Waals surface area contributed by atoms with Crippen LogP contribution in [-0.4, -0.2) is 23.9 Å². The molecule has 136 valence electrons. The summed E-state index contributed by atoms with van der Waals surface area (Å²) in [5, 5.41) is 0.560. The topological polar surface area (TPSA) is 98.1 Å².